The molecule has 0 atom stereocenters. The Hall–Kier alpha value is -3.29. The van der Waals surface area contributed by atoms with Gasteiger partial charge in [-0.3, -0.25) is 0 Å². The molecule has 5 nitrogen and oxygen atoms in total. The summed E-state index contributed by atoms with van der Waals surface area (Å²) in [6, 6.07) is 15.7. The van der Waals surface area contributed by atoms with E-state index in [0.717, 1.165) is 41.9 Å². The van der Waals surface area contributed by atoms with E-state index in [1.54, 1.807) is 0 Å². The van der Waals surface area contributed by atoms with Gasteiger partial charge in [0.15, 0.2) is 0 Å². The number of fused-ring (bicyclic) bond motifs is 2. The fourth-order valence-electron chi connectivity index (χ4n) is 3.70. The highest BCUT2D eigenvalue weighted by molar-refractivity contribution is 5.80. The molecule has 0 aliphatic carbocycles. The maximum atomic E-state index is 12.9. The SMILES string of the molecule is FC(F)(F)c1ccc2nc(N3CCN(c4ccc5ccccc5n4)CC3)[nH]c2c1. The van der Waals surface area contributed by atoms with Gasteiger partial charge in [0, 0.05) is 31.6 Å². The molecule has 8 heteroatoms. The van der Waals surface area contributed by atoms with Gasteiger partial charge in [0.25, 0.3) is 0 Å². The summed E-state index contributed by atoms with van der Waals surface area (Å²) in [5, 5.41) is 1.11. The third kappa shape index (κ3) is 3.35. The molecule has 2 aromatic heterocycles. The topological polar surface area (TPSA) is 48.1 Å². The van der Waals surface area contributed by atoms with Crippen molar-refractivity contribution >= 4 is 33.7 Å². The third-order valence-electron chi connectivity index (χ3n) is 5.28. The Morgan fingerprint density at radius 2 is 1.55 bits per heavy atom. The van der Waals surface area contributed by atoms with Gasteiger partial charge >= 0.3 is 6.18 Å². The molecule has 4 aromatic rings. The van der Waals surface area contributed by atoms with Gasteiger partial charge in [0.05, 0.1) is 22.1 Å². The van der Waals surface area contributed by atoms with E-state index in [2.05, 4.69) is 25.8 Å². The molecule has 0 amide bonds. The Kier molecular flexibility index (Phi) is 4.08. The van der Waals surface area contributed by atoms with Gasteiger partial charge < -0.3 is 14.8 Å². The number of benzene rings is 2. The maximum Gasteiger partial charge on any atom is 0.416 e. The lowest BCUT2D eigenvalue weighted by molar-refractivity contribution is -0.137. The first-order valence-electron chi connectivity index (χ1n) is 9.40. The second kappa shape index (κ2) is 6.65. The third-order valence-corrected chi connectivity index (χ3v) is 5.28. The lowest BCUT2D eigenvalue weighted by atomic mass is 10.2. The van der Waals surface area contributed by atoms with Crippen LogP contribution in [0.15, 0.2) is 54.6 Å². The van der Waals surface area contributed by atoms with E-state index in [1.807, 2.05) is 30.3 Å². The second-order valence-corrected chi connectivity index (χ2v) is 7.13. The number of hydrogen-bond acceptors (Lipinski definition) is 4. The Morgan fingerprint density at radius 1 is 0.793 bits per heavy atom. The smallest absolute Gasteiger partial charge is 0.353 e. The van der Waals surface area contributed by atoms with Crippen LogP contribution >= 0.6 is 0 Å². The van der Waals surface area contributed by atoms with E-state index < -0.39 is 11.7 Å². The van der Waals surface area contributed by atoms with Crippen LogP contribution in [0.4, 0.5) is 24.9 Å². The summed E-state index contributed by atoms with van der Waals surface area (Å²) in [4.78, 5) is 16.5. The monoisotopic (exact) mass is 397 g/mol. The van der Waals surface area contributed by atoms with E-state index >= 15 is 0 Å². The molecule has 0 bridgehead atoms. The average Bonchev–Trinajstić information content (AvgIpc) is 3.16. The number of nitrogens with zero attached hydrogens (tertiary/aromatic N) is 4. The van der Waals surface area contributed by atoms with E-state index in [9.17, 15) is 13.2 Å². The molecule has 0 unspecified atom stereocenters. The largest absolute Gasteiger partial charge is 0.416 e. The number of nitrogens with one attached hydrogen (secondary N) is 1. The van der Waals surface area contributed by atoms with E-state index in [-0.39, 0.29) is 0 Å². The van der Waals surface area contributed by atoms with Crippen LogP contribution < -0.4 is 9.80 Å². The number of halogens is 3. The number of aromatic nitrogens is 3. The summed E-state index contributed by atoms with van der Waals surface area (Å²) in [5.74, 6) is 1.54. The number of alkyl halides is 3. The molecular formula is C21H18F3N5. The number of pyridine rings is 1. The molecule has 0 radical (unpaired) electrons. The van der Waals surface area contributed by atoms with Crippen LogP contribution in [-0.2, 0) is 6.18 Å². The van der Waals surface area contributed by atoms with Crippen molar-refractivity contribution in [3.8, 4) is 0 Å². The molecule has 0 spiro atoms. The molecule has 3 heterocycles. The van der Waals surface area contributed by atoms with Crippen LogP contribution in [-0.4, -0.2) is 41.1 Å². The predicted octanol–water partition coefficient (Wildman–Crippen LogP) is 4.46. The van der Waals surface area contributed by atoms with Crippen LogP contribution in [0.3, 0.4) is 0 Å². The van der Waals surface area contributed by atoms with Crippen molar-refractivity contribution in [2.24, 2.45) is 0 Å². The lowest BCUT2D eigenvalue weighted by Gasteiger charge is -2.35. The lowest BCUT2D eigenvalue weighted by Crippen LogP contribution is -2.47. The molecule has 1 saturated heterocycles. The zero-order valence-corrected chi connectivity index (χ0v) is 15.4. The minimum absolute atomic E-state index is 0.397. The summed E-state index contributed by atoms with van der Waals surface area (Å²) in [6.07, 6.45) is -4.36. The van der Waals surface area contributed by atoms with Crippen LogP contribution in [0.1, 0.15) is 5.56 Å². The van der Waals surface area contributed by atoms with E-state index in [0.29, 0.717) is 30.1 Å². The first-order valence-corrected chi connectivity index (χ1v) is 9.40. The summed E-state index contributed by atoms with van der Waals surface area (Å²) in [5.41, 5.74) is 1.22. The molecule has 1 N–H and O–H groups in total. The first-order chi connectivity index (χ1) is 14.0. The minimum atomic E-state index is -4.36. The normalized spacial score (nSPS) is 15.4. The highest BCUT2D eigenvalue weighted by Crippen LogP contribution is 2.31. The number of hydrogen-bond donors (Lipinski definition) is 1. The Balaban J connectivity index is 1.33. The summed E-state index contributed by atoms with van der Waals surface area (Å²) >= 11 is 0. The van der Waals surface area contributed by atoms with Crippen LogP contribution in [0.25, 0.3) is 21.9 Å². The molecule has 1 aliphatic rings. The number of imidazole rings is 1. The highest BCUT2D eigenvalue weighted by Gasteiger charge is 2.31. The second-order valence-electron chi connectivity index (χ2n) is 7.13. The standard InChI is InChI=1S/C21H18F3N5/c22-21(23,24)15-6-7-17-18(13-15)27-20(26-17)29-11-9-28(10-12-29)19-8-5-14-3-1-2-4-16(14)25-19/h1-8,13H,9-12H2,(H,26,27). The number of aromatic amines is 1. The predicted molar refractivity (Wildman–Crippen MR) is 107 cm³/mol. The van der Waals surface area contributed by atoms with Crippen LogP contribution in [0.5, 0.6) is 0 Å². The average molecular weight is 397 g/mol. The molecule has 5 rings (SSSR count). The molecule has 29 heavy (non-hydrogen) atoms. The molecule has 148 valence electrons. The number of anilines is 2. The van der Waals surface area contributed by atoms with Crippen molar-refractivity contribution in [2.75, 3.05) is 36.0 Å². The molecular weight excluding hydrogens is 379 g/mol. The Labute approximate surface area is 164 Å². The fraction of sp³-hybridized carbons (Fsp3) is 0.238. The molecule has 1 aliphatic heterocycles. The highest BCUT2D eigenvalue weighted by atomic mass is 19.4. The maximum absolute atomic E-state index is 12.9. The molecule has 0 saturated carbocycles. The van der Waals surface area contributed by atoms with Gasteiger partial charge in [-0.25, -0.2) is 9.97 Å². The zero-order chi connectivity index (χ0) is 20.0. The number of rotatable bonds is 2. The van der Waals surface area contributed by atoms with Gasteiger partial charge in [-0.15, -0.1) is 0 Å². The summed E-state index contributed by atoms with van der Waals surface area (Å²) in [6.45, 7) is 2.94. The quantitative estimate of drug-likeness (QED) is 0.543. The van der Waals surface area contributed by atoms with Crippen molar-refractivity contribution in [1.29, 1.82) is 0 Å². The molecule has 1 fully saturated rings. The Morgan fingerprint density at radius 3 is 2.34 bits per heavy atom. The van der Waals surface area contributed by atoms with Crippen molar-refractivity contribution in [3.05, 3.63) is 60.2 Å². The number of H-pyrrole nitrogens is 1. The summed E-state index contributed by atoms with van der Waals surface area (Å²) < 4.78 is 38.8. The van der Waals surface area contributed by atoms with E-state index in [1.165, 1.54) is 6.07 Å². The van der Waals surface area contributed by atoms with Gasteiger partial charge in [-0.1, -0.05) is 18.2 Å². The van der Waals surface area contributed by atoms with Crippen LogP contribution in [0, 0.1) is 0 Å². The van der Waals surface area contributed by atoms with Crippen molar-refractivity contribution < 1.29 is 13.2 Å². The fourth-order valence-corrected chi connectivity index (χ4v) is 3.70. The van der Waals surface area contributed by atoms with E-state index in [4.69, 9.17) is 4.98 Å². The van der Waals surface area contributed by atoms with Crippen molar-refractivity contribution in [1.82, 2.24) is 15.0 Å². The Bertz CT molecular complexity index is 1180. The van der Waals surface area contributed by atoms with Crippen molar-refractivity contribution in [2.45, 2.75) is 6.18 Å². The van der Waals surface area contributed by atoms with Gasteiger partial charge in [-0.05, 0) is 36.4 Å². The number of para-hydroxylation sites is 1. The summed E-state index contributed by atoms with van der Waals surface area (Å²) in [7, 11) is 0. The number of piperazine rings is 1. The molecule has 2 aromatic carbocycles. The van der Waals surface area contributed by atoms with Crippen LogP contribution in [0.2, 0.25) is 0 Å². The van der Waals surface area contributed by atoms with Crippen molar-refractivity contribution in [3.63, 3.8) is 0 Å². The first kappa shape index (κ1) is 17.8. The zero-order valence-electron chi connectivity index (χ0n) is 15.4. The van der Waals surface area contributed by atoms with Gasteiger partial charge in [0.2, 0.25) is 5.95 Å². The minimum Gasteiger partial charge on any atom is -0.353 e. The van der Waals surface area contributed by atoms with Gasteiger partial charge in [0.1, 0.15) is 5.82 Å². The van der Waals surface area contributed by atoms with Gasteiger partial charge in [-0.2, -0.15) is 13.2 Å².